The average molecular weight is 254 g/mol. The molecular formula is C14H20F2N2. The van der Waals surface area contributed by atoms with Gasteiger partial charge in [-0.25, -0.2) is 8.78 Å². The normalized spacial score (nSPS) is 19.9. The second kappa shape index (κ2) is 5.22. The minimum atomic E-state index is -0.801. The predicted molar refractivity (Wildman–Crippen MR) is 69.5 cm³/mol. The number of hydrogen-bond acceptors (Lipinski definition) is 2. The van der Waals surface area contributed by atoms with Crippen LogP contribution < -0.4 is 10.6 Å². The van der Waals surface area contributed by atoms with Crippen LogP contribution in [0.4, 0.5) is 14.5 Å². The molecule has 0 spiro atoms. The Bertz CT molecular complexity index is 432. The molecule has 4 heteroatoms. The van der Waals surface area contributed by atoms with Gasteiger partial charge in [-0.05, 0) is 24.8 Å². The van der Waals surface area contributed by atoms with E-state index in [0.29, 0.717) is 17.6 Å². The standard InChI is InChI=1S/C14H20F2N2/c1-9(2)11-4-3-7-18(11)12-6-5-10(8-17)13(15)14(12)16/h5-6,9,11H,3-4,7-8,17H2,1-2H3. The second-order valence-electron chi connectivity index (χ2n) is 5.22. The van der Waals surface area contributed by atoms with E-state index in [4.69, 9.17) is 5.73 Å². The van der Waals surface area contributed by atoms with Crippen molar-refractivity contribution in [3.05, 3.63) is 29.3 Å². The van der Waals surface area contributed by atoms with E-state index in [0.717, 1.165) is 19.4 Å². The lowest BCUT2D eigenvalue weighted by Crippen LogP contribution is -2.34. The average Bonchev–Trinajstić information content (AvgIpc) is 2.81. The van der Waals surface area contributed by atoms with Gasteiger partial charge in [-0.1, -0.05) is 19.9 Å². The van der Waals surface area contributed by atoms with Gasteiger partial charge in [-0.3, -0.25) is 0 Å². The molecule has 2 rings (SSSR count). The number of nitrogens with zero attached hydrogens (tertiary/aromatic N) is 1. The summed E-state index contributed by atoms with van der Waals surface area (Å²) >= 11 is 0. The summed E-state index contributed by atoms with van der Waals surface area (Å²) < 4.78 is 27.8. The van der Waals surface area contributed by atoms with Crippen LogP contribution >= 0.6 is 0 Å². The topological polar surface area (TPSA) is 29.3 Å². The van der Waals surface area contributed by atoms with Gasteiger partial charge in [0.05, 0.1) is 5.69 Å². The molecule has 1 unspecified atom stereocenters. The van der Waals surface area contributed by atoms with E-state index in [2.05, 4.69) is 13.8 Å². The second-order valence-corrected chi connectivity index (χ2v) is 5.22. The third-order valence-corrected chi connectivity index (χ3v) is 3.74. The number of halogens is 2. The zero-order valence-electron chi connectivity index (χ0n) is 10.9. The summed E-state index contributed by atoms with van der Waals surface area (Å²) in [4.78, 5) is 1.99. The maximum Gasteiger partial charge on any atom is 0.182 e. The van der Waals surface area contributed by atoms with Crippen molar-refractivity contribution in [3.63, 3.8) is 0 Å². The summed E-state index contributed by atoms with van der Waals surface area (Å²) in [5, 5.41) is 0. The zero-order chi connectivity index (χ0) is 13.3. The van der Waals surface area contributed by atoms with Gasteiger partial charge in [-0.15, -0.1) is 0 Å². The Morgan fingerprint density at radius 3 is 2.67 bits per heavy atom. The lowest BCUT2D eigenvalue weighted by atomic mass is 10.0. The first-order chi connectivity index (χ1) is 8.56. The molecule has 1 aliphatic rings. The molecule has 1 atom stereocenters. The summed E-state index contributed by atoms with van der Waals surface area (Å²) in [6, 6.07) is 3.53. The quantitative estimate of drug-likeness (QED) is 0.898. The van der Waals surface area contributed by atoms with Crippen molar-refractivity contribution in [2.45, 2.75) is 39.3 Å². The van der Waals surface area contributed by atoms with Crippen LogP contribution in [0.5, 0.6) is 0 Å². The Morgan fingerprint density at radius 2 is 2.06 bits per heavy atom. The van der Waals surface area contributed by atoms with Crippen LogP contribution in [0.2, 0.25) is 0 Å². The van der Waals surface area contributed by atoms with Gasteiger partial charge in [0.15, 0.2) is 11.6 Å². The molecule has 0 bridgehead atoms. The van der Waals surface area contributed by atoms with Crippen LogP contribution in [-0.4, -0.2) is 12.6 Å². The fourth-order valence-electron chi connectivity index (χ4n) is 2.74. The molecule has 100 valence electrons. The Morgan fingerprint density at radius 1 is 1.33 bits per heavy atom. The van der Waals surface area contributed by atoms with E-state index in [1.54, 1.807) is 12.1 Å². The maximum atomic E-state index is 14.1. The van der Waals surface area contributed by atoms with Gasteiger partial charge in [0.1, 0.15) is 0 Å². The molecule has 0 amide bonds. The largest absolute Gasteiger partial charge is 0.366 e. The van der Waals surface area contributed by atoms with E-state index in [-0.39, 0.29) is 12.1 Å². The molecule has 2 nitrogen and oxygen atoms in total. The molecule has 1 saturated heterocycles. The van der Waals surface area contributed by atoms with Crippen molar-refractivity contribution < 1.29 is 8.78 Å². The van der Waals surface area contributed by atoms with Gasteiger partial charge in [0, 0.05) is 24.7 Å². The highest BCUT2D eigenvalue weighted by Gasteiger charge is 2.30. The lowest BCUT2D eigenvalue weighted by molar-refractivity contribution is 0.469. The summed E-state index contributed by atoms with van der Waals surface area (Å²) in [6.45, 7) is 5.05. The number of benzene rings is 1. The minimum absolute atomic E-state index is 0.0244. The smallest absolute Gasteiger partial charge is 0.182 e. The fraction of sp³-hybridized carbons (Fsp3) is 0.571. The number of hydrogen-bond donors (Lipinski definition) is 1. The van der Waals surface area contributed by atoms with Crippen LogP contribution in [0.25, 0.3) is 0 Å². The summed E-state index contributed by atoms with van der Waals surface area (Å²) in [5.41, 5.74) is 5.99. The van der Waals surface area contributed by atoms with Crippen molar-refractivity contribution in [1.82, 2.24) is 0 Å². The molecule has 1 aromatic rings. The molecule has 1 heterocycles. The van der Waals surface area contributed by atoms with E-state index in [9.17, 15) is 8.78 Å². The lowest BCUT2D eigenvalue weighted by Gasteiger charge is -2.30. The first kappa shape index (κ1) is 13.3. The highest BCUT2D eigenvalue weighted by atomic mass is 19.2. The van der Waals surface area contributed by atoms with Gasteiger partial charge in [0.2, 0.25) is 0 Å². The molecule has 2 N–H and O–H groups in total. The van der Waals surface area contributed by atoms with Gasteiger partial charge in [0.25, 0.3) is 0 Å². The first-order valence-corrected chi connectivity index (χ1v) is 6.49. The monoisotopic (exact) mass is 254 g/mol. The molecule has 0 radical (unpaired) electrons. The molecule has 1 fully saturated rings. The summed E-state index contributed by atoms with van der Waals surface area (Å²) in [5.74, 6) is -1.13. The first-order valence-electron chi connectivity index (χ1n) is 6.49. The maximum absolute atomic E-state index is 14.1. The van der Waals surface area contributed by atoms with Crippen molar-refractivity contribution in [2.75, 3.05) is 11.4 Å². The number of nitrogens with two attached hydrogens (primary N) is 1. The molecule has 18 heavy (non-hydrogen) atoms. The molecule has 1 aliphatic heterocycles. The molecular weight excluding hydrogens is 234 g/mol. The van der Waals surface area contributed by atoms with Crippen LogP contribution in [0, 0.1) is 17.6 Å². The van der Waals surface area contributed by atoms with Crippen LogP contribution in [0.15, 0.2) is 12.1 Å². The third-order valence-electron chi connectivity index (χ3n) is 3.74. The number of rotatable bonds is 3. The van der Waals surface area contributed by atoms with E-state index in [1.165, 1.54) is 0 Å². The molecule has 0 aromatic heterocycles. The van der Waals surface area contributed by atoms with Gasteiger partial charge in [-0.2, -0.15) is 0 Å². The minimum Gasteiger partial charge on any atom is -0.366 e. The van der Waals surface area contributed by atoms with Crippen molar-refractivity contribution >= 4 is 5.69 Å². The van der Waals surface area contributed by atoms with Gasteiger partial charge >= 0.3 is 0 Å². The molecule has 0 aliphatic carbocycles. The molecule has 1 aromatic carbocycles. The Hall–Kier alpha value is -1.16. The zero-order valence-corrected chi connectivity index (χ0v) is 10.9. The SMILES string of the molecule is CC(C)C1CCCN1c1ccc(CN)c(F)c1F. The fourth-order valence-corrected chi connectivity index (χ4v) is 2.74. The van der Waals surface area contributed by atoms with Crippen LogP contribution in [-0.2, 0) is 6.54 Å². The van der Waals surface area contributed by atoms with Crippen molar-refractivity contribution in [2.24, 2.45) is 11.7 Å². The molecule has 0 saturated carbocycles. The Labute approximate surface area is 107 Å². The third kappa shape index (κ3) is 2.21. The van der Waals surface area contributed by atoms with Crippen LogP contribution in [0.1, 0.15) is 32.3 Å². The van der Waals surface area contributed by atoms with E-state index in [1.807, 2.05) is 4.90 Å². The predicted octanol–water partition coefficient (Wildman–Crippen LogP) is 3.05. The van der Waals surface area contributed by atoms with E-state index < -0.39 is 11.6 Å². The Balaban J connectivity index is 2.36. The summed E-state index contributed by atoms with van der Waals surface area (Å²) in [7, 11) is 0. The number of anilines is 1. The highest BCUT2D eigenvalue weighted by molar-refractivity contribution is 5.51. The summed E-state index contributed by atoms with van der Waals surface area (Å²) in [6.07, 6.45) is 2.07. The highest BCUT2D eigenvalue weighted by Crippen LogP contribution is 2.33. The van der Waals surface area contributed by atoms with Crippen molar-refractivity contribution in [1.29, 1.82) is 0 Å². The van der Waals surface area contributed by atoms with E-state index >= 15 is 0 Å². The Kier molecular flexibility index (Phi) is 3.85. The van der Waals surface area contributed by atoms with Gasteiger partial charge < -0.3 is 10.6 Å². The van der Waals surface area contributed by atoms with Crippen LogP contribution in [0.3, 0.4) is 0 Å². The van der Waals surface area contributed by atoms with Crippen molar-refractivity contribution in [3.8, 4) is 0 Å².